The van der Waals surface area contributed by atoms with E-state index in [9.17, 15) is 4.79 Å². The minimum Gasteiger partial charge on any atom is -0.461 e. The average molecular weight is 280 g/mol. The van der Waals surface area contributed by atoms with Gasteiger partial charge in [-0.2, -0.15) is 0 Å². The van der Waals surface area contributed by atoms with Crippen molar-refractivity contribution in [1.82, 2.24) is 5.32 Å². The molecule has 1 aromatic heterocycles. The van der Waals surface area contributed by atoms with Crippen molar-refractivity contribution in [2.75, 3.05) is 13.1 Å². The van der Waals surface area contributed by atoms with Crippen molar-refractivity contribution >= 4 is 23.4 Å². The van der Waals surface area contributed by atoms with Crippen molar-refractivity contribution in [3.63, 3.8) is 0 Å². The summed E-state index contributed by atoms with van der Waals surface area (Å²) in [6.45, 7) is 3.99. The van der Waals surface area contributed by atoms with Crippen molar-refractivity contribution in [1.29, 1.82) is 0 Å². The Morgan fingerprint density at radius 2 is 1.95 bits per heavy atom. The zero-order valence-electron chi connectivity index (χ0n) is 10.9. The maximum Gasteiger partial charge on any atom is 0.192 e. The van der Waals surface area contributed by atoms with Gasteiger partial charge in [0.1, 0.15) is 11.3 Å². The Morgan fingerprint density at radius 3 is 2.68 bits per heavy atom. The molecule has 2 aromatic rings. The zero-order valence-corrected chi connectivity index (χ0v) is 11.8. The molecule has 102 valence electrons. The number of hydrogen-bond acceptors (Lipinski definition) is 3. The molecule has 0 aliphatic carbocycles. The summed E-state index contributed by atoms with van der Waals surface area (Å²) < 4.78 is 5.91. The van der Waals surface area contributed by atoms with Crippen molar-refractivity contribution in [3.05, 3.63) is 45.8 Å². The van der Waals surface area contributed by atoms with Crippen molar-refractivity contribution in [2.24, 2.45) is 0 Å². The second-order valence-electron chi connectivity index (χ2n) is 5.04. The van der Waals surface area contributed by atoms with Gasteiger partial charge in [0.15, 0.2) is 5.43 Å². The predicted octanol–water partition coefficient (Wildman–Crippen LogP) is 2.99. The van der Waals surface area contributed by atoms with Gasteiger partial charge in [0.05, 0.1) is 5.39 Å². The second kappa shape index (κ2) is 5.76. The highest BCUT2D eigenvalue weighted by Gasteiger charge is 2.18. The van der Waals surface area contributed by atoms with E-state index in [1.165, 1.54) is 0 Å². The summed E-state index contributed by atoms with van der Waals surface area (Å²) in [4.78, 5) is 12.1. The Hall–Kier alpha value is -1.32. The summed E-state index contributed by atoms with van der Waals surface area (Å²) in [5.74, 6) is 1.22. The van der Waals surface area contributed by atoms with Crippen LogP contribution in [0, 0.1) is 6.92 Å². The molecule has 0 saturated carbocycles. The molecule has 1 aliphatic heterocycles. The maximum absolute atomic E-state index is 12.1. The van der Waals surface area contributed by atoms with Crippen LogP contribution in [0.5, 0.6) is 0 Å². The molecule has 1 aromatic carbocycles. The molecule has 3 nitrogen and oxygen atoms in total. The first-order valence-electron chi connectivity index (χ1n) is 6.49. The second-order valence-corrected chi connectivity index (χ2v) is 5.04. The third-order valence-electron chi connectivity index (χ3n) is 3.64. The van der Waals surface area contributed by atoms with Gasteiger partial charge < -0.3 is 9.73 Å². The molecule has 4 heteroatoms. The lowest BCUT2D eigenvalue weighted by molar-refractivity contribution is 0.392. The Kier molecular flexibility index (Phi) is 4.27. The van der Waals surface area contributed by atoms with Crippen molar-refractivity contribution in [3.8, 4) is 0 Å². The first-order valence-corrected chi connectivity index (χ1v) is 6.49. The number of hydrogen-bond donors (Lipinski definition) is 1. The van der Waals surface area contributed by atoms with Crippen molar-refractivity contribution < 1.29 is 4.42 Å². The number of halogens is 1. The van der Waals surface area contributed by atoms with Crippen LogP contribution in [0.4, 0.5) is 0 Å². The maximum atomic E-state index is 12.1. The topological polar surface area (TPSA) is 42.2 Å². The third kappa shape index (κ3) is 2.82. The molecule has 0 bridgehead atoms. The largest absolute Gasteiger partial charge is 0.461 e. The van der Waals surface area contributed by atoms with E-state index in [1.54, 1.807) is 6.07 Å². The summed E-state index contributed by atoms with van der Waals surface area (Å²) >= 11 is 0. The van der Waals surface area contributed by atoms with Gasteiger partial charge in [-0.05, 0) is 45.0 Å². The fraction of sp³-hybridized carbons (Fsp3) is 0.400. The molecular weight excluding hydrogens is 262 g/mol. The Morgan fingerprint density at radius 1 is 1.21 bits per heavy atom. The highest BCUT2D eigenvalue weighted by atomic mass is 35.5. The average Bonchev–Trinajstić information content (AvgIpc) is 2.40. The number of piperidine rings is 1. The minimum absolute atomic E-state index is 0. The molecule has 0 spiro atoms. The molecule has 0 unspecified atom stereocenters. The number of benzene rings is 1. The number of fused-ring (bicyclic) bond motifs is 1. The van der Waals surface area contributed by atoms with Crippen LogP contribution >= 0.6 is 12.4 Å². The molecule has 19 heavy (non-hydrogen) atoms. The van der Waals surface area contributed by atoms with Gasteiger partial charge in [-0.25, -0.2) is 0 Å². The minimum atomic E-state index is 0. The normalized spacial score (nSPS) is 16.3. The molecule has 1 fully saturated rings. The van der Waals surface area contributed by atoms with Crippen LogP contribution in [0.15, 0.2) is 33.5 Å². The molecule has 0 radical (unpaired) electrons. The summed E-state index contributed by atoms with van der Waals surface area (Å²) in [6, 6.07) is 7.46. The van der Waals surface area contributed by atoms with Crippen LogP contribution in [0.3, 0.4) is 0 Å². The van der Waals surface area contributed by atoms with Crippen LogP contribution in [0.1, 0.15) is 30.1 Å². The summed E-state index contributed by atoms with van der Waals surface area (Å²) in [5, 5.41) is 4.01. The Balaban J connectivity index is 0.00000133. The van der Waals surface area contributed by atoms with Crippen LogP contribution in [0.2, 0.25) is 0 Å². The van der Waals surface area contributed by atoms with E-state index in [0.717, 1.165) is 37.3 Å². The Labute approximate surface area is 118 Å². The zero-order chi connectivity index (χ0) is 12.5. The smallest absolute Gasteiger partial charge is 0.192 e. The summed E-state index contributed by atoms with van der Waals surface area (Å²) in [7, 11) is 0. The van der Waals surface area contributed by atoms with Gasteiger partial charge in [0.2, 0.25) is 0 Å². The fourth-order valence-electron chi connectivity index (χ4n) is 2.60. The van der Waals surface area contributed by atoms with Crippen molar-refractivity contribution in [2.45, 2.75) is 25.7 Å². The number of nitrogens with one attached hydrogen (secondary N) is 1. The molecule has 1 aliphatic rings. The number of rotatable bonds is 1. The standard InChI is InChI=1S/C15H17NO2.ClH/c1-10-2-3-14-12(8-10)13(17)9-15(18-14)11-4-6-16-7-5-11;/h2-3,8-9,11,16H,4-7H2,1H3;1H. The molecular formula is C15H18ClNO2. The lowest BCUT2D eigenvalue weighted by Crippen LogP contribution is -2.27. The SMILES string of the molecule is Cc1ccc2oc(C3CCNCC3)cc(=O)c2c1.Cl. The molecule has 2 heterocycles. The van der Waals surface area contributed by atoms with Gasteiger partial charge in [-0.1, -0.05) is 11.6 Å². The van der Waals surface area contributed by atoms with Crippen LogP contribution < -0.4 is 10.7 Å². The fourth-order valence-corrected chi connectivity index (χ4v) is 2.60. The molecule has 1 N–H and O–H groups in total. The summed E-state index contributed by atoms with van der Waals surface area (Å²) in [5.41, 5.74) is 1.87. The van der Waals surface area contributed by atoms with E-state index in [4.69, 9.17) is 4.42 Å². The van der Waals surface area contributed by atoms with Crippen LogP contribution in [-0.4, -0.2) is 13.1 Å². The predicted molar refractivity (Wildman–Crippen MR) is 79.3 cm³/mol. The number of aryl methyl sites for hydroxylation is 1. The lowest BCUT2D eigenvalue weighted by atomic mass is 9.95. The first kappa shape index (κ1) is 14.1. The van der Waals surface area contributed by atoms with E-state index in [2.05, 4.69) is 5.32 Å². The monoisotopic (exact) mass is 279 g/mol. The molecule has 3 rings (SSSR count). The van der Waals surface area contributed by atoms with Gasteiger partial charge >= 0.3 is 0 Å². The van der Waals surface area contributed by atoms with Gasteiger partial charge in [0.25, 0.3) is 0 Å². The Bertz CT molecular complexity index is 630. The molecule has 0 amide bonds. The third-order valence-corrected chi connectivity index (χ3v) is 3.64. The van der Waals surface area contributed by atoms with E-state index >= 15 is 0 Å². The van der Waals surface area contributed by atoms with E-state index < -0.39 is 0 Å². The van der Waals surface area contributed by atoms with Gasteiger partial charge in [0, 0.05) is 12.0 Å². The lowest BCUT2D eigenvalue weighted by Gasteiger charge is -2.21. The van der Waals surface area contributed by atoms with E-state index in [1.807, 2.05) is 25.1 Å². The van der Waals surface area contributed by atoms with E-state index in [-0.39, 0.29) is 17.8 Å². The van der Waals surface area contributed by atoms with E-state index in [0.29, 0.717) is 16.9 Å². The van der Waals surface area contributed by atoms with Gasteiger partial charge in [-0.15, -0.1) is 12.4 Å². The molecule has 1 saturated heterocycles. The highest BCUT2D eigenvalue weighted by Crippen LogP contribution is 2.26. The first-order chi connectivity index (χ1) is 8.74. The highest BCUT2D eigenvalue weighted by molar-refractivity contribution is 5.85. The van der Waals surface area contributed by atoms with Crippen LogP contribution in [0.25, 0.3) is 11.0 Å². The van der Waals surface area contributed by atoms with Crippen LogP contribution in [-0.2, 0) is 0 Å². The molecule has 0 atom stereocenters. The summed E-state index contributed by atoms with van der Waals surface area (Å²) in [6.07, 6.45) is 2.08. The van der Waals surface area contributed by atoms with Gasteiger partial charge in [-0.3, -0.25) is 4.79 Å². The quantitative estimate of drug-likeness (QED) is 0.873.